The van der Waals surface area contributed by atoms with Gasteiger partial charge in [-0.3, -0.25) is 0 Å². The van der Waals surface area contributed by atoms with Crippen LogP contribution in [0.1, 0.15) is 71.1 Å². The molecule has 0 aromatic carbocycles. The molecule has 0 aromatic rings. The zero-order valence-corrected chi connectivity index (χ0v) is 19.1. The van der Waals surface area contributed by atoms with Crippen molar-refractivity contribution in [2.45, 2.75) is 71.1 Å². The first-order chi connectivity index (χ1) is 11.0. The number of rotatable bonds is 15. The average Bonchev–Trinajstić information content (AvgIpc) is 2.49. The van der Waals surface area contributed by atoms with Crippen molar-refractivity contribution in [3.05, 3.63) is 25.3 Å². The smallest absolute Gasteiger partial charge is 0.0780 e. The van der Waals surface area contributed by atoms with Gasteiger partial charge >= 0.3 is 0 Å². The van der Waals surface area contributed by atoms with Gasteiger partial charge in [0.25, 0.3) is 0 Å². The van der Waals surface area contributed by atoms with E-state index >= 15 is 0 Å². The van der Waals surface area contributed by atoms with Gasteiger partial charge < -0.3 is 22.2 Å². The molecule has 0 spiro atoms. The third-order valence-corrected chi connectivity index (χ3v) is 3.76. The first-order valence-corrected chi connectivity index (χ1v) is 9.71. The van der Waals surface area contributed by atoms with Gasteiger partial charge in [-0.15, -0.1) is 25.6 Å². The molecule has 0 atom stereocenters. The van der Waals surface area contributed by atoms with Crippen LogP contribution in [0.4, 0.5) is 0 Å². The van der Waals surface area contributed by atoms with E-state index in [-0.39, 0.29) is 24.8 Å². The van der Waals surface area contributed by atoms with Crippen molar-refractivity contribution in [2.24, 2.45) is 0 Å². The van der Waals surface area contributed by atoms with Gasteiger partial charge in [0.2, 0.25) is 0 Å². The second-order valence-corrected chi connectivity index (χ2v) is 7.43. The van der Waals surface area contributed by atoms with E-state index in [4.69, 9.17) is 0 Å². The Morgan fingerprint density at radius 1 is 0.720 bits per heavy atom. The highest BCUT2D eigenvalue weighted by molar-refractivity contribution is 5.85. The predicted molar refractivity (Wildman–Crippen MR) is 115 cm³/mol. The molecule has 0 aliphatic carbocycles. The second-order valence-electron chi connectivity index (χ2n) is 7.43. The topological polar surface area (TPSA) is 12.0 Å². The number of nitrogens with zero attached hydrogens (tertiary/aromatic N) is 1. The summed E-state index contributed by atoms with van der Waals surface area (Å²) in [6.07, 6.45) is 18.1. The van der Waals surface area contributed by atoms with Crippen LogP contribution in [0.15, 0.2) is 25.3 Å². The molecule has 0 radical (unpaired) electrons. The van der Waals surface area contributed by atoms with Crippen LogP contribution in [-0.4, -0.2) is 45.3 Å². The molecule has 25 heavy (non-hydrogen) atoms. The molecule has 4 heteroatoms. The Bertz CT molecular complexity index is 243. The second kappa shape index (κ2) is 26.2. The van der Waals surface area contributed by atoms with Crippen molar-refractivity contribution in [2.75, 3.05) is 40.8 Å². The van der Waals surface area contributed by atoms with Crippen LogP contribution >= 0.6 is 12.4 Å². The van der Waals surface area contributed by atoms with Crippen LogP contribution in [0, 0.1) is 0 Å². The fraction of sp³-hybridized carbons (Fsp3) is 0.810. The van der Waals surface area contributed by atoms with Crippen LogP contribution < -0.4 is 17.7 Å². The molecule has 0 amide bonds. The number of hydrogen-bond donors (Lipinski definition) is 1. The molecule has 0 aromatic heterocycles. The van der Waals surface area contributed by atoms with Gasteiger partial charge in [-0.05, 0) is 12.8 Å². The van der Waals surface area contributed by atoms with Crippen molar-refractivity contribution in [3.8, 4) is 0 Å². The minimum Gasteiger partial charge on any atom is -1.00 e. The lowest BCUT2D eigenvalue weighted by Gasteiger charge is -2.23. The SMILES string of the molecule is C=CCNCC=C.CCCCCCCCCCCC[N+](C)(C)C.Cl.[Cl-]. The molecule has 0 aliphatic heterocycles. The summed E-state index contributed by atoms with van der Waals surface area (Å²) in [5.74, 6) is 0. The van der Waals surface area contributed by atoms with E-state index in [2.05, 4.69) is 46.5 Å². The average molecular weight is 398 g/mol. The van der Waals surface area contributed by atoms with Gasteiger partial charge in [-0.25, -0.2) is 0 Å². The largest absolute Gasteiger partial charge is 1.00 e. The summed E-state index contributed by atoms with van der Waals surface area (Å²) in [6.45, 7) is 12.4. The van der Waals surface area contributed by atoms with Gasteiger partial charge in [-0.1, -0.05) is 70.4 Å². The molecule has 0 heterocycles. The lowest BCUT2D eigenvalue weighted by atomic mass is 10.1. The van der Waals surface area contributed by atoms with E-state index in [0.717, 1.165) is 17.6 Å². The van der Waals surface area contributed by atoms with Crippen molar-refractivity contribution in [1.82, 2.24) is 5.32 Å². The lowest BCUT2D eigenvalue weighted by Crippen LogP contribution is -3.00. The molecule has 2 nitrogen and oxygen atoms in total. The fourth-order valence-corrected chi connectivity index (χ4v) is 2.36. The molecular weight excluding hydrogens is 351 g/mol. The highest BCUT2D eigenvalue weighted by atomic mass is 35.5. The van der Waals surface area contributed by atoms with Crippen LogP contribution in [0.3, 0.4) is 0 Å². The Kier molecular flexibility index (Phi) is 34.2. The first-order valence-electron chi connectivity index (χ1n) is 9.71. The monoisotopic (exact) mass is 396 g/mol. The van der Waals surface area contributed by atoms with E-state index in [9.17, 15) is 0 Å². The zero-order chi connectivity index (χ0) is 17.8. The highest BCUT2D eigenvalue weighted by Crippen LogP contribution is 2.10. The predicted octanol–water partition coefficient (Wildman–Crippen LogP) is 2.99. The van der Waals surface area contributed by atoms with Crippen molar-refractivity contribution >= 4 is 12.4 Å². The summed E-state index contributed by atoms with van der Waals surface area (Å²) in [5, 5.41) is 3.05. The normalized spacial score (nSPS) is 9.92. The third-order valence-electron chi connectivity index (χ3n) is 3.76. The van der Waals surface area contributed by atoms with Crippen LogP contribution in [0.25, 0.3) is 0 Å². The van der Waals surface area contributed by atoms with E-state index in [0.29, 0.717) is 0 Å². The van der Waals surface area contributed by atoms with E-state index in [1.807, 2.05) is 12.2 Å². The summed E-state index contributed by atoms with van der Waals surface area (Å²) >= 11 is 0. The first kappa shape index (κ1) is 32.6. The molecular formula is C21H46Cl2N2. The Morgan fingerprint density at radius 3 is 1.40 bits per heavy atom. The maximum atomic E-state index is 3.54. The molecule has 0 bridgehead atoms. The van der Waals surface area contributed by atoms with Crippen LogP contribution in [-0.2, 0) is 0 Å². The molecule has 154 valence electrons. The molecule has 1 N–H and O–H groups in total. The van der Waals surface area contributed by atoms with Crippen LogP contribution in [0.2, 0.25) is 0 Å². The Morgan fingerprint density at radius 2 is 1.08 bits per heavy atom. The third kappa shape index (κ3) is 40.2. The maximum absolute atomic E-state index is 3.54. The highest BCUT2D eigenvalue weighted by Gasteiger charge is 2.04. The van der Waals surface area contributed by atoms with Gasteiger partial charge in [0.15, 0.2) is 0 Å². The number of unbranched alkanes of at least 4 members (excludes halogenated alkanes) is 9. The van der Waals surface area contributed by atoms with E-state index < -0.39 is 0 Å². The van der Waals surface area contributed by atoms with Crippen molar-refractivity contribution in [1.29, 1.82) is 0 Å². The molecule has 0 saturated heterocycles. The Labute approximate surface area is 171 Å². The minimum absolute atomic E-state index is 0. The lowest BCUT2D eigenvalue weighted by molar-refractivity contribution is -0.870. The summed E-state index contributed by atoms with van der Waals surface area (Å²) in [4.78, 5) is 0. The Hall–Kier alpha value is -0.0200. The Balaban J connectivity index is -0.000000210. The standard InChI is InChI=1S/C15H34N.C6H11N.2ClH/c1-5-6-7-8-9-10-11-12-13-14-15-16(2,3)4;1-3-5-7-6-4-2;;/h5-15H2,1-4H3;3-4,7H,1-2,5-6H2;2*1H/q+1;;;/p-1. The summed E-state index contributed by atoms with van der Waals surface area (Å²) in [5.41, 5.74) is 0. The summed E-state index contributed by atoms with van der Waals surface area (Å²) < 4.78 is 1.12. The number of hydrogen-bond acceptors (Lipinski definition) is 1. The number of nitrogens with one attached hydrogen (secondary N) is 1. The van der Waals surface area contributed by atoms with Crippen molar-refractivity contribution in [3.63, 3.8) is 0 Å². The summed E-state index contributed by atoms with van der Waals surface area (Å²) in [6, 6.07) is 0. The number of halogens is 2. The van der Waals surface area contributed by atoms with E-state index in [1.165, 1.54) is 70.8 Å². The quantitative estimate of drug-likeness (QED) is 0.255. The molecule has 0 saturated carbocycles. The maximum Gasteiger partial charge on any atom is 0.0780 e. The molecule has 0 aliphatic rings. The van der Waals surface area contributed by atoms with E-state index in [1.54, 1.807) is 0 Å². The van der Waals surface area contributed by atoms with Crippen LogP contribution in [0.5, 0.6) is 0 Å². The number of quaternary nitrogens is 1. The van der Waals surface area contributed by atoms with Gasteiger partial charge in [-0.2, -0.15) is 0 Å². The minimum atomic E-state index is 0. The zero-order valence-electron chi connectivity index (χ0n) is 17.5. The fourth-order valence-electron chi connectivity index (χ4n) is 2.36. The van der Waals surface area contributed by atoms with Crippen molar-refractivity contribution < 1.29 is 16.9 Å². The molecule has 0 unspecified atom stereocenters. The van der Waals surface area contributed by atoms with Gasteiger partial charge in [0.05, 0.1) is 27.7 Å². The summed E-state index contributed by atoms with van der Waals surface area (Å²) in [7, 11) is 6.86. The molecule has 0 rings (SSSR count). The van der Waals surface area contributed by atoms with Gasteiger partial charge in [0.1, 0.15) is 0 Å². The molecule has 0 fully saturated rings. The van der Waals surface area contributed by atoms with Gasteiger partial charge in [0, 0.05) is 13.1 Å².